The van der Waals surface area contributed by atoms with Gasteiger partial charge in [0.15, 0.2) is 5.16 Å². The zero-order valence-corrected chi connectivity index (χ0v) is 11.2. The van der Waals surface area contributed by atoms with Crippen molar-refractivity contribution in [2.75, 3.05) is 0 Å². The molecule has 0 amide bonds. The summed E-state index contributed by atoms with van der Waals surface area (Å²) in [4.78, 5) is 28.4. The molecule has 2 rings (SSSR count). The predicted octanol–water partition coefficient (Wildman–Crippen LogP) is 2.59. The molecule has 0 fully saturated rings. The summed E-state index contributed by atoms with van der Waals surface area (Å²) in [6.07, 6.45) is 1.35. The van der Waals surface area contributed by atoms with Crippen LogP contribution < -0.4 is 5.56 Å². The normalized spacial score (nSPS) is 10.3. The highest BCUT2D eigenvalue weighted by molar-refractivity contribution is 9.10. The average Bonchev–Trinajstić information content (AvgIpc) is 2.31. The Morgan fingerprint density at radius 2 is 2.17 bits per heavy atom. The standard InChI is InChI=1S/C10H6BrN3O3S/c11-6-1-2-8(7(5-6)14(16)17)18-10-12-4-3-9(15)13-10/h1-5H,(H,12,13,15). The third-order valence-electron chi connectivity index (χ3n) is 1.97. The first-order valence-electron chi connectivity index (χ1n) is 4.73. The maximum absolute atomic E-state index is 11.1. The number of aromatic nitrogens is 2. The fourth-order valence-electron chi connectivity index (χ4n) is 1.23. The van der Waals surface area contributed by atoms with Gasteiger partial charge in [-0.15, -0.1) is 0 Å². The van der Waals surface area contributed by atoms with Gasteiger partial charge in [-0.1, -0.05) is 15.9 Å². The molecule has 0 aliphatic carbocycles. The fraction of sp³-hybridized carbons (Fsp3) is 0. The van der Waals surface area contributed by atoms with Crippen LogP contribution in [0.2, 0.25) is 0 Å². The van der Waals surface area contributed by atoms with Crippen molar-refractivity contribution in [1.82, 2.24) is 9.97 Å². The molecule has 0 saturated carbocycles. The minimum Gasteiger partial charge on any atom is -0.301 e. The summed E-state index contributed by atoms with van der Waals surface area (Å²) in [5, 5.41) is 11.2. The zero-order chi connectivity index (χ0) is 13.1. The Balaban J connectivity index is 2.40. The van der Waals surface area contributed by atoms with E-state index in [1.807, 2.05) is 0 Å². The predicted molar refractivity (Wildman–Crippen MR) is 69.8 cm³/mol. The third kappa shape index (κ3) is 2.96. The van der Waals surface area contributed by atoms with Crippen molar-refractivity contribution in [1.29, 1.82) is 0 Å². The number of benzene rings is 1. The molecule has 2 aromatic rings. The van der Waals surface area contributed by atoms with Gasteiger partial charge in [-0.2, -0.15) is 0 Å². The molecule has 0 radical (unpaired) electrons. The van der Waals surface area contributed by atoms with Crippen molar-refractivity contribution in [3.63, 3.8) is 0 Å². The average molecular weight is 328 g/mol. The summed E-state index contributed by atoms with van der Waals surface area (Å²) < 4.78 is 0.619. The van der Waals surface area contributed by atoms with Crippen LogP contribution in [0.25, 0.3) is 0 Å². The summed E-state index contributed by atoms with van der Waals surface area (Å²) in [6, 6.07) is 5.97. The van der Waals surface area contributed by atoms with Gasteiger partial charge in [0.05, 0.1) is 9.82 Å². The van der Waals surface area contributed by atoms with Gasteiger partial charge in [-0.25, -0.2) is 4.98 Å². The first kappa shape index (κ1) is 12.8. The number of hydrogen-bond donors (Lipinski definition) is 1. The van der Waals surface area contributed by atoms with Crippen LogP contribution in [-0.4, -0.2) is 14.9 Å². The number of nitrogens with zero attached hydrogens (tertiary/aromatic N) is 2. The molecule has 0 saturated heterocycles. The lowest BCUT2D eigenvalue weighted by Gasteiger charge is -2.02. The molecule has 0 aliphatic rings. The van der Waals surface area contributed by atoms with Gasteiger partial charge in [-0.3, -0.25) is 14.9 Å². The van der Waals surface area contributed by atoms with E-state index in [2.05, 4.69) is 25.9 Å². The second-order valence-electron chi connectivity index (χ2n) is 3.21. The Labute approximate surface area is 114 Å². The Bertz CT molecular complexity index is 659. The molecule has 0 bridgehead atoms. The Morgan fingerprint density at radius 1 is 1.39 bits per heavy atom. The van der Waals surface area contributed by atoms with E-state index >= 15 is 0 Å². The lowest BCUT2D eigenvalue weighted by Crippen LogP contribution is -2.05. The largest absolute Gasteiger partial charge is 0.301 e. The van der Waals surface area contributed by atoms with Crippen LogP contribution in [0.4, 0.5) is 5.69 Å². The van der Waals surface area contributed by atoms with Gasteiger partial charge in [0.25, 0.3) is 11.2 Å². The number of nitro groups is 1. The lowest BCUT2D eigenvalue weighted by molar-refractivity contribution is -0.387. The monoisotopic (exact) mass is 327 g/mol. The number of hydrogen-bond acceptors (Lipinski definition) is 5. The van der Waals surface area contributed by atoms with Crippen LogP contribution in [0.15, 0.2) is 49.8 Å². The minimum atomic E-state index is -0.478. The van der Waals surface area contributed by atoms with Gasteiger partial charge >= 0.3 is 0 Å². The zero-order valence-electron chi connectivity index (χ0n) is 8.79. The van der Waals surface area contributed by atoms with E-state index in [1.54, 1.807) is 12.1 Å². The summed E-state index contributed by atoms with van der Waals surface area (Å²) in [7, 11) is 0. The second kappa shape index (κ2) is 5.32. The fourth-order valence-corrected chi connectivity index (χ4v) is 2.42. The van der Waals surface area contributed by atoms with Crippen molar-refractivity contribution in [2.45, 2.75) is 10.1 Å². The van der Waals surface area contributed by atoms with Gasteiger partial charge in [0.1, 0.15) is 0 Å². The molecule has 1 aromatic heterocycles. The SMILES string of the molecule is O=c1ccnc(Sc2ccc(Br)cc2[N+](=O)[O-])[nH]1. The summed E-state index contributed by atoms with van der Waals surface area (Å²) >= 11 is 4.21. The first-order chi connectivity index (χ1) is 8.56. The Kier molecular flexibility index (Phi) is 3.78. The number of nitro benzene ring substituents is 1. The molecule has 1 heterocycles. The van der Waals surface area contributed by atoms with Crippen molar-refractivity contribution in [2.24, 2.45) is 0 Å². The highest BCUT2D eigenvalue weighted by Crippen LogP contribution is 2.34. The molecule has 1 aromatic carbocycles. The van der Waals surface area contributed by atoms with E-state index in [0.29, 0.717) is 14.5 Å². The van der Waals surface area contributed by atoms with Crippen molar-refractivity contribution in [3.8, 4) is 0 Å². The van der Waals surface area contributed by atoms with Crippen LogP contribution in [0.3, 0.4) is 0 Å². The van der Waals surface area contributed by atoms with E-state index in [9.17, 15) is 14.9 Å². The number of nitrogens with one attached hydrogen (secondary N) is 1. The van der Waals surface area contributed by atoms with Gasteiger partial charge < -0.3 is 4.98 Å². The smallest absolute Gasteiger partial charge is 0.284 e. The molecule has 18 heavy (non-hydrogen) atoms. The number of halogens is 1. The van der Waals surface area contributed by atoms with E-state index < -0.39 is 4.92 Å². The molecular formula is C10H6BrN3O3S. The first-order valence-corrected chi connectivity index (χ1v) is 6.34. The highest BCUT2D eigenvalue weighted by Gasteiger charge is 2.16. The lowest BCUT2D eigenvalue weighted by atomic mass is 10.3. The molecule has 92 valence electrons. The van der Waals surface area contributed by atoms with Crippen LogP contribution in [-0.2, 0) is 0 Å². The number of rotatable bonds is 3. The van der Waals surface area contributed by atoms with E-state index in [1.165, 1.54) is 18.3 Å². The molecule has 0 aliphatic heterocycles. The molecule has 8 heteroatoms. The summed E-state index contributed by atoms with van der Waals surface area (Å²) in [6.45, 7) is 0. The van der Waals surface area contributed by atoms with Crippen molar-refractivity contribution in [3.05, 3.63) is 55.4 Å². The topological polar surface area (TPSA) is 88.9 Å². The van der Waals surface area contributed by atoms with E-state index in [-0.39, 0.29) is 11.2 Å². The van der Waals surface area contributed by atoms with Crippen LogP contribution in [0.5, 0.6) is 0 Å². The van der Waals surface area contributed by atoms with Crippen molar-refractivity contribution >= 4 is 33.4 Å². The van der Waals surface area contributed by atoms with Crippen LogP contribution in [0.1, 0.15) is 0 Å². The molecular weight excluding hydrogens is 322 g/mol. The molecule has 6 nitrogen and oxygen atoms in total. The summed E-state index contributed by atoms with van der Waals surface area (Å²) in [5.74, 6) is 0. The maximum atomic E-state index is 11.1. The van der Waals surface area contributed by atoms with Crippen LogP contribution in [0, 0.1) is 10.1 Å². The Hall–Kier alpha value is -1.67. The highest BCUT2D eigenvalue weighted by atomic mass is 79.9. The van der Waals surface area contributed by atoms with Crippen molar-refractivity contribution < 1.29 is 4.92 Å². The quantitative estimate of drug-likeness (QED) is 0.531. The van der Waals surface area contributed by atoms with E-state index in [0.717, 1.165) is 11.8 Å². The Morgan fingerprint density at radius 3 is 2.83 bits per heavy atom. The van der Waals surface area contributed by atoms with Crippen LogP contribution >= 0.6 is 27.7 Å². The molecule has 1 N–H and O–H groups in total. The molecule has 0 unspecified atom stereocenters. The van der Waals surface area contributed by atoms with Gasteiger partial charge in [-0.05, 0) is 23.9 Å². The molecule has 0 spiro atoms. The summed E-state index contributed by atoms with van der Waals surface area (Å²) in [5.41, 5.74) is -0.340. The van der Waals surface area contributed by atoms with Gasteiger partial charge in [0.2, 0.25) is 0 Å². The minimum absolute atomic E-state index is 0.0409. The second-order valence-corrected chi connectivity index (χ2v) is 5.16. The van der Waals surface area contributed by atoms with E-state index in [4.69, 9.17) is 0 Å². The third-order valence-corrected chi connectivity index (χ3v) is 3.43. The number of aromatic amines is 1. The number of H-pyrrole nitrogens is 1. The molecule has 0 atom stereocenters. The van der Waals surface area contributed by atoms with Gasteiger partial charge in [0, 0.05) is 22.8 Å². The maximum Gasteiger partial charge on any atom is 0.284 e.